The lowest BCUT2D eigenvalue weighted by molar-refractivity contribution is 0.427. The quantitative estimate of drug-likeness (QED) is 0.836. The average molecular weight is 327 g/mol. The lowest BCUT2D eigenvalue weighted by atomic mass is 9.95. The summed E-state index contributed by atoms with van der Waals surface area (Å²) in [6, 6.07) is 7.93. The van der Waals surface area contributed by atoms with Crippen LogP contribution < -0.4 is 4.90 Å². The third kappa shape index (κ3) is 3.78. The molecule has 0 N–H and O–H groups in total. The van der Waals surface area contributed by atoms with Crippen LogP contribution in [-0.2, 0) is 0 Å². The Bertz CT molecular complexity index is 671. The maximum atomic E-state index is 6.08. The fraction of sp³-hybridized carbons (Fsp3) is 0.263. The first-order valence-electron chi connectivity index (χ1n) is 7.68. The zero-order chi connectivity index (χ0) is 16.4. The summed E-state index contributed by atoms with van der Waals surface area (Å²) in [5, 5.41) is 1.84. The van der Waals surface area contributed by atoms with Crippen LogP contribution in [0, 0.1) is 31.1 Å². The topological polar surface area (TPSA) is 19.4 Å². The van der Waals surface area contributed by atoms with E-state index < -0.39 is 0 Å². The Morgan fingerprint density at radius 3 is 2.48 bits per heavy atom. The molecule has 2 aromatic rings. The van der Waals surface area contributed by atoms with Crippen molar-refractivity contribution in [2.24, 2.45) is 0 Å². The monoisotopic (exact) mass is 326 g/mol. The molecular weight excluding hydrogens is 306 g/mol. The van der Waals surface area contributed by atoms with E-state index in [9.17, 15) is 0 Å². The van der Waals surface area contributed by atoms with Crippen molar-refractivity contribution in [1.29, 1.82) is 0 Å². The zero-order valence-corrected chi connectivity index (χ0v) is 14.5. The van der Waals surface area contributed by atoms with Crippen molar-refractivity contribution < 1.29 is 0 Å². The van der Waals surface area contributed by atoms with Gasteiger partial charge < -0.3 is 9.80 Å². The molecule has 0 spiro atoms. The second kappa shape index (κ2) is 7.06. The molecule has 119 valence electrons. The van der Waals surface area contributed by atoms with E-state index >= 15 is 0 Å². The molecule has 0 saturated heterocycles. The first kappa shape index (κ1) is 16.5. The molecule has 1 heterocycles. The summed E-state index contributed by atoms with van der Waals surface area (Å²) < 4.78 is 0. The standard InChI is InChI=1S/C19H21ClN3/c1-22(2)12-14-5-4-6-15(14)13-23(3)19-9-10-21-18-11-16(20)7-8-17(18)19/h4-11H,12-13H2,1-3H3. The van der Waals surface area contributed by atoms with Crippen LogP contribution in [0.1, 0.15) is 0 Å². The highest BCUT2D eigenvalue weighted by Crippen LogP contribution is 2.35. The van der Waals surface area contributed by atoms with Crippen LogP contribution in [-0.4, -0.2) is 44.1 Å². The minimum atomic E-state index is 0.717. The van der Waals surface area contributed by atoms with Gasteiger partial charge in [-0.05, 0) is 57.6 Å². The van der Waals surface area contributed by atoms with Crippen LogP contribution in [0.2, 0.25) is 5.02 Å². The molecule has 1 aliphatic rings. The maximum Gasteiger partial charge on any atom is 0.0737 e. The van der Waals surface area contributed by atoms with Gasteiger partial charge >= 0.3 is 0 Å². The van der Waals surface area contributed by atoms with E-state index in [1.165, 1.54) is 17.5 Å². The second-order valence-electron chi connectivity index (χ2n) is 6.16. The summed E-state index contributed by atoms with van der Waals surface area (Å²) in [5.41, 5.74) is 2.10. The number of benzene rings is 1. The van der Waals surface area contributed by atoms with Crippen molar-refractivity contribution >= 4 is 28.2 Å². The molecule has 0 unspecified atom stereocenters. The molecule has 0 bridgehead atoms. The number of pyridine rings is 1. The summed E-state index contributed by atoms with van der Waals surface area (Å²) in [4.78, 5) is 8.89. The Hall–Kier alpha value is -1.32. The minimum absolute atomic E-state index is 0.717. The van der Waals surface area contributed by atoms with E-state index in [0.29, 0.717) is 5.02 Å². The van der Waals surface area contributed by atoms with Crippen molar-refractivity contribution in [1.82, 2.24) is 9.88 Å². The smallest absolute Gasteiger partial charge is 0.0737 e. The van der Waals surface area contributed by atoms with Gasteiger partial charge in [0.15, 0.2) is 0 Å². The van der Waals surface area contributed by atoms with Gasteiger partial charge in [-0.3, -0.25) is 4.98 Å². The third-order valence-electron chi connectivity index (χ3n) is 3.99. The number of fused-ring (bicyclic) bond motifs is 1. The van der Waals surface area contributed by atoms with Crippen LogP contribution in [0.5, 0.6) is 0 Å². The van der Waals surface area contributed by atoms with Crippen LogP contribution >= 0.6 is 11.6 Å². The Labute approximate surface area is 144 Å². The molecule has 5 radical (unpaired) electrons. The van der Waals surface area contributed by atoms with Gasteiger partial charge in [0.2, 0.25) is 0 Å². The Morgan fingerprint density at radius 2 is 1.74 bits per heavy atom. The normalized spacial score (nSPS) is 16.6. The summed E-state index contributed by atoms with van der Waals surface area (Å²) in [6.07, 6.45) is 8.38. The van der Waals surface area contributed by atoms with Gasteiger partial charge in [-0.15, -0.1) is 0 Å². The summed E-state index contributed by atoms with van der Waals surface area (Å²) in [6.45, 7) is 1.83. The molecule has 0 amide bonds. The number of aromatic nitrogens is 1. The summed E-state index contributed by atoms with van der Waals surface area (Å²) >= 11 is 6.08. The average Bonchev–Trinajstić information content (AvgIpc) is 2.92. The lowest BCUT2D eigenvalue weighted by Gasteiger charge is -2.28. The lowest BCUT2D eigenvalue weighted by Crippen LogP contribution is -2.30. The predicted octanol–water partition coefficient (Wildman–Crippen LogP) is 3.66. The molecule has 1 aliphatic carbocycles. The molecule has 23 heavy (non-hydrogen) atoms. The van der Waals surface area contributed by atoms with Crippen LogP contribution in [0.15, 0.2) is 30.5 Å². The number of hydrogen-bond donors (Lipinski definition) is 0. The molecule has 1 aromatic carbocycles. The number of anilines is 1. The van der Waals surface area contributed by atoms with Gasteiger partial charge in [-0.1, -0.05) is 11.6 Å². The van der Waals surface area contributed by atoms with Gasteiger partial charge in [0.05, 0.1) is 5.52 Å². The Kier molecular flexibility index (Phi) is 5.08. The Balaban J connectivity index is 1.79. The minimum Gasteiger partial charge on any atom is -0.373 e. The van der Waals surface area contributed by atoms with Gasteiger partial charge in [0, 0.05) is 54.3 Å². The van der Waals surface area contributed by atoms with Gasteiger partial charge in [-0.2, -0.15) is 0 Å². The van der Waals surface area contributed by atoms with E-state index in [1.807, 2.05) is 24.4 Å². The van der Waals surface area contributed by atoms with Crippen LogP contribution in [0.25, 0.3) is 10.9 Å². The number of hydrogen-bond acceptors (Lipinski definition) is 3. The maximum absolute atomic E-state index is 6.08. The van der Waals surface area contributed by atoms with E-state index in [-0.39, 0.29) is 0 Å². The number of halogens is 1. The highest BCUT2D eigenvalue weighted by molar-refractivity contribution is 6.31. The molecule has 1 fully saturated rings. The van der Waals surface area contributed by atoms with Crippen LogP contribution in [0.3, 0.4) is 0 Å². The Morgan fingerprint density at radius 1 is 1.00 bits per heavy atom. The van der Waals surface area contributed by atoms with E-state index in [0.717, 1.165) is 24.0 Å². The SMILES string of the molecule is CN(C)C[C]1[CH][CH][CH][C]1CN(C)c1ccnc2cc(Cl)ccc12. The number of nitrogens with zero attached hydrogens (tertiary/aromatic N) is 3. The third-order valence-corrected chi connectivity index (χ3v) is 4.23. The van der Waals surface area contributed by atoms with E-state index in [4.69, 9.17) is 11.6 Å². The van der Waals surface area contributed by atoms with E-state index in [1.54, 1.807) is 0 Å². The predicted molar refractivity (Wildman–Crippen MR) is 98.0 cm³/mol. The molecule has 1 saturated carbocycles. The number of rotatable bonds is 5. The first-order valence-corrected chi connectivity index (χ1v) is 8.06. The van der Waals surface area contributed by atoms with Crippen molar-refractivity contribution in [2.45, 2.75) is 0 Å². The van der Waals surface area contributed by atoms with Gasteiger partial charge in [0.25, 0.3) is 0 Å². The fourth-order valence-electron chi connectivity index (χ4n) is 2.92. The molecule has 4 heteroatoms. The summed E-state index contributed by atoms with van der Waals surface area (Å²) in [5.74, 6) is 2.74. The van der Waals surface area contributed by atoms with Crippen molar-refractivity contribution in [3.8, 4) is 0 Å². The fourth-order valence-corrected chi connectivity index (χ4v) is 3.09. The molecule has 0 aliphatic heterocycles. The first-order chi connectivity index (χ1) is 11.0. The van der Waals surface area contributed by atoms with Crippen molar-refractivity contribution in [3.05, 3.63) is 66.6 Å². The van der Waals surface area contributed by atoms with Gasteiger partial charge in [-0.25, -0.2) is 0 Å². The molecule has 3 nitrogen and oxygen atoms in total. The van der Waals surface area contributed by atoms with Crippen molar-refractivity contribution in [2.75, 3.05) is 39.1 Å². The molecule has 3 rings (SSSR count). The molecule has 1 aromatic heterocycles. The largest absolute Gasteiger partial charge is 0.373 e. The highest BCUT2D eigenvalue weighted by Gasteiger charge is 2.30. The highest BCUT2D eigenvalue weighted by atomic mass is 35.5. The molecular formula is C19H21ClN3. The van der Waals surface area contributed by atoms with Crippen molar-refractivity contribution in [3.63, 3.8) is 0 Å². The van der Waals surface area contributed by atoms with Gasteiger partial charge in [0.1, 0.15) is 0 Å². The zero-order valence-electron chi connectivity index (χ0n) is 13.8. The van der Waals surface area contributed by atoms with E-state index in [2.05, 4.69) is 61.3 Å². The second-order valence-corrected chi connectivity index (χ2v) is 6.60. The molecule has 0 atom stereocenters. The summed E-state index contributed by atoms with van der Waals surface area (Å²) in [7, 11) is 6.32. The van der Waals surface area contributed by atoms with Crippen LogP contribution in [0.4, 0.5) is 5.69 Å².